The van der Waals surface area contributed by atoms with Crippen molar-refractivity contribution in [2.24, 2.45) is 0 Å². The van der Waals surface area contributed by atoms with Crippen LogP contribution in [-0.2, 0) is 12.7 Å². The zero-order valence-electron chi connectivity index (χ0n) is 12.2. The van der Waals surface area contributed by atoms with Gasteiger partial charge in [-0.3, -0.25) is 0 Å². The molecule has 2 aromatic heterocycles. The van der Waals surface area contributed by atoms with Crippen LogP contribution >= 0.6 is 0 Å². The molecular weight excluding hydrogens is 279 g/mol. The van der Waals surface area contributed by atoms with E-state index in [4.69, 9.17) is 5.73 Å². The van der Waals surface area contributed by atoms with E-state index in [1.807, 2.05) is 0 Å². The van der Waals surface area contributed by atoms with Crippen molar-refractivity contribution in [3.8, 4) is 0 Å². The van der Waals surface area contributed by atoms with E-state index in [9.17, 15) is 13.2 Å². The van der Waals surface area contributed by atoms with E-state index in [0.29, 0.717) is 22.6 Å². The van der Waals surface area contributed by atoms with Crippen molar-refractivity contribution >= 4 is 5.82 Å². The van der Waals surface area contributed by atoms with Crippen LogP contribution in [0.5, 0.6) is 0 Å². The van der Waals surface area contributed by atoms with Crippen LogP contribution in [0.1, 0.15) is 42.1 Å². The molecule has 0 saturated heterocycles. The molecular formula is C15H18F3N3. The molecule has 0 amide bonds. The summed E-state index contributed by atoms with van der Waals surface area (Å²) in [5, 5.41) is 0. The standard InChI is InChI=1S/C15H18F3N3/c1-9(2)13-10(3)21(8-12(13)15(16,17)18)7-11-5-4-6-20-14(11)19/h4-6,8-9H,7H2,1-3H3,(H2,19,20). The van der Waals surface area contributed by atoms with Crippen LogP contribution in [0.3, 0.4) is 0 Å². The SMILES string of the molecule is Cc1c(C(C)C)c(C(F)(F)F)cn1Cc1cccnc1N. The van der Waals surface area contributed by atoms with Gasteiger partial charge in [-0.1, -0.05) is 19.9 Å². The molecule has 3 nitrogen and oxygen atoms in total. The van der Waals surface area contributed by atoms with Gasteiger partial charge in [-0.05, 0) is 24.5 Å². The molecule has 2 heterocycles. The molecule has 0 radical (unpaired) electrons. The van der Waals surface area contributed by atoms with Gasteiger partial charge in [0.15, 0.2) is 0 Å². The second-order valence-corrected chi connectivity index (χ2v) is 5.37. The van der Waals surface area contributed by atoms with E-state index < -0.39 is 11.7 Å². The maximum atomic E-state index is 13.2. The van der Waals surface area contributed by atoms with Crippen LogP contribution in [0.25, 0.3) is 0 Å². The number of nitrogen functional groups attached to an aromatic ring is 1. The smallest absolute Gasteiger partial charge is 0.383 e. The predicted octanol–water partition coefficient (Wildman–Crippen LogP) is 3.96. The number of aromatic nitrogens is 2. The number of rotatable bonds is 3. The van der Waals surface area contributed by atoms with E-state index in [1.165, 1.54) is 0 Å². The zero-order valence-corrected chi connectivity index (χ0v) is 12.2. The van der Waals surface area contributed by atoms with Crippen molar-refractivity contribution in [1.29, 1.82) is 0 Å². The largest absolute Gasteiger partial charge is 0.418 e. The van der Waals surface area contributed by atoms with Gasteiger partial charge in [0, 0.05) is 23.7 Å². The lowest BCUT2D eigenvalue weighted by Gasteiger charge is -2.12. The first-order valence-electron chi connectivity index (χ1n) is 6.68. The Kier molecular flexibility index (Phi) is 3.98. The van der Waals surface area contributed by atoms with Crippen LogP contribution in [0.15, 0.2) is 24.5 Å². The highest BCUT2D eigenvalue weighted by Crippen LogP contribution is 2.38. The van der Waals surface area contributed by atoms with Gasteiger partial charge in [0.1, 0.15) is 5.82 Å². The van der Waals surface area contributed by atoms with Crippen molar-refractivity contribution in [1.82, 2.24) is 9.55 Å². The van der Waals surface area contributed by atoms with Crippen LogP contribution in [0.4, 0.5) is 19.0 Å². The summed E-state index contributed by atoms with van der Waals surface area (Å²) in [7, 11) is 0. The molecule has 0 aliphatic carbocycles. The lowest BCUT2D eigenvalue weighted by molar-refractivity contribution is -0.138. The first-order chi connectivity index (χ1) is 9.71. The second-order valence-electron chi connectivity index (χ2n) is 5.37. The van der Waals surface area contributed by atoms with Crippen molar-refractivity contribution in [2.45, 2.75) is 39.4 Å². The fourth-order valence-electron chi connectivity index (χ4n) is 2.56. The average molecular weight is 297 g/mol. The Morgan fingerprint density at radius 3 is 2.48 bits per heavy atom. The van der Waals surface area contributed by atoms with Gasteiger partial charge in [0.05, 0.1) is 12.1 Å². The maximum absolute atomic E-state index is 13.2. The lowest BCUT2D eigenvalue weighted by atomic mass is 9.99. The highest BCUT2D eigenvalue weighted by molar-refractivity contribution is 5.41. The van der Waals surface area contributed by atoms with E-state index in [1.54, 1.807) is 43.7 Å². The molecule has 0 bridgehead atoms. The highest BCUT2D eigenvalue weighted by atomic mass is 19.4. The third-order valence-electron chi connectivity index (χ3n) is 3.55. The zero-order chi connectivity index (χ0) is 15.8. The third-order valence-corrected chi connectivity index (χ3v) is 3.55. The minimum atomic E-state index is -4.35. The van der Waals surface area contributed by atoms with Gasteiger partial charge in [-0.25, -0.2) is 4.98 Å². The predicted molar refractivity (Wildman–Crippen MR) is 76.0 cm³/mol. The van der Waals surface area contributed by atoms with E-state index in [-0.39, 0.29) is 12.5 Å². The summed E-state index contributed by atoms with van der Waals surface area (Å²) in [6, 6.07) is 3.49. The molecule has 2 rings (SSSR count). The molecule has 0 atom stereocenters. The fraction of sp³-hybridized carbons (Fsp3) is 0.400. The molecule has 0 aliphatic rings. The van der Waals surface area contributed by atoms with E-state index in [2.05, 4.69) is 4.98 Å². The molecule has 21 heavy (non-hydrogen) atoms. The quantitative estimate of drug-likeness (QED) is 0.931. The summed E-state index contributed by atoms with van der Waals surface area (Å²) in [6.45, 7) is 5.51. The fourth-order valence-corrected chi connectivity index (χ4v) is 2.56. The Bertz CT molecular complexity index is 642. The Labute approximate surface area is 121 Å². The highest BCUT2D eigenvalue weighted by Gasteiger charge is 2.36. The van der Waals surface area contributed by atoms with Gasteiger partial charge >= 0.3 is 6.18 Å². The van der Waals surface area contributed by atoms with Crippen molar-refractivity contribution in [2.75, 3.05) is 5.73 Å². The molecule has 0 spiro atoms. The number of anilines is 1. The number of halogens is 3. The number of alkyl halides is 3. The minimum absolute atomic E-state index is 0.200. The Hall–Kier alpha value is -1.98. The molecule has 2 aromatic rings. The Morgan fingerprint density at radius 1 is 1.33 bits per heavy atom. The van der Waals surface area contributed by atoms with E-state index >= 15 is 0 Å². The lowest BCUT2D eigenvalue weighted by Crippen LogP contribution is -2.08. The Balaban J connectivity index is 2.49. The number of hydrogen-bond donors (Lipinski definition) is 1. The minimum Gasteiger partial charge on any atom is -0.383 e. The van der Waals surface area contributed by atoms with Crippen LogP contribution in [-0.4, -0.2) is 9.55 Å². The van der Waals surface area contributed by atoms with Gasteiger partial charge in [0.25, 0.3) is 0 Å². The topological polar surface area (TPSA) is 43.8 Å². The molecule has 0 unspecified atom stereocenters. The molecule has 0 fully saturated rings. The third kappa shape index (κ3) is 3.04. The van der Waals surface area contributed by atoms with Gasteiger partial charge in [-0.15, -0.1) is 0 Å². The molecule has 114 valence electrons. The van der Waals surface area contributed by atoms with Crippen molar-refractivity contribution in [3.63, 3.8) is 0 Å². The summed E-state index contributed by atoms with van der Waals surface area (Å²) in [6.07, 6.45) is -1.63. The summed E-state index contributed by atoms with van der Waals surface area (Å²) in [4.78, 5) is 3.96. The number of pyridine rings is 1. The van der Waals surface area contributed by atoms with Crippen molar-refractivity contribution < 1.29 is 13.2 Å². The first kappa shape index (κ1) is 15.4. The number of hydrogen-bond acceptors (Lipinski definition) is 2. The number of nitrogens with two attached hydrogens (primary N) is 1. The average Bonchev–Trinajstić information content (AvgIpc) is 2.70. The summed E-state index contributed by atoms with van der Waals surface area (Å²) in [5.74, 6) is 0.138. The molecule has 0 saturated carbocycles. The monoisotopic (exact) mass is 297 g/mol. The normalized spacial score (nSPS) is 12.1. The van der Waals surface area contributed by atoms with Gasteiger partial charge in [-0.2, -0.15) is 13.2 Å². The molecule has 0 aliphatic heterocycles. The van der Waals surface area contributed by atoms with Crippen LogP contribution < -0.4 is 5.73 Å². The Morgan fingerprint density at radius 2 is 2.00 bits per heavy atom. The molecule has 0 aromatic carbocycles. The second kappa shape index (κ2) is 5.42. The summed E-state index contributed by atoms with van der Waals surface area (Å²) >= 11 is 0. The molecule has 2 N–H and O–H groups in total. The van der Waals surface area contributed by atoms with Crippen LogP contribution in [0.2, 0.25) is 0 Å². The van der Waals surface area contributed by atoms with E-state index in [0.717, 1.165) is 6.20 Å². The molecule has 6 heteroatoms. The number of nitrogens with zero attached hydrogens (tertiary/aromatic N) is 2. The van der Waals surface area contributed by atoms with Crippen LogP contribution in [0, 0.1) is 6.92 Å². The van der Waals surface area contributed by atoms with Gasteiger partial charge in [0.2, 0.25) is 0 Å². The summed E-state index contributed by atoms with van der Waals surface area (Å²) in [5.41, 5.74) is 6.85. The summed E-state index contributed by atoms with van der Waals surface area (Å²) < 4.78 is 41.1. The van der Waals surface area contributed by atoms with Gasteiger partial charge < -0.3 is 10.3 Å². The first-order valence-corrected chi connectivity index (χ1v) is 6.68. The van der Waals surface area contributed by atoms with Crippen molar-refractivity contribution in [3.05, 3.63) is 46.9 Å². The maximum Gasteiger partial charge on any atom is 0.418 e.